The predicted molar refractivity (Wildman–Crippen MR) is 79.4 cm³/mol. The molecule has 0 bridgehead atoms. The van der Waals surface area contributed by atoms with Crippen LogP contribution in [0.4, 0.5) is 5.69 Å². The summed E-state index contributed by atoms with van der Waals surface area (Å²) in [5.41, 5.74) is -0.298. The van der Waals surface area contributed by atoms with E-state index in [0.717, 1.165) is 25.7 Å². The van der Waals surface area contributed by atoms with Crippen molar-refractivity contribution in [1.82, 2.24) is 10.3 Å². The number of hydrogen-bond donors (Lipinski definition) is 1. The lowest BCUT2D eigenvalue weighted by Crippen LogP contribution is -2.40. The average Bonchev–Trinajstić information content (AvgIpc) is 2.36. The highest BCUT2D eigenvalue weighted by atomic mass is 35.5. The van der Waals surface area contributed by atoms with Crippen molar-refractivity contribution < 1.29 is 9.72 Å². The van der Waals surface area contributed by atoms with E-state index in [1.165, 1.54) is 12.3 Å². The van der Waals surface area contributed by atoms with Gasteiger partial charge in [-0.2, -0.15) is 0 Å². The molecule has 21 heavy (non-hydrogen) atoms. The maximum atomic E-state index is 12.3. The van der Waals surface area contributed by atoms with Crippen molar-refractivity contribution >= 4 is 23.2 Å². The van der Waals surface area contributed by atoms with Gasteiger partial charge >= 0.3 is 5.69 Å². The Balaban J connectivity index is 2.18. The molecule has 7 heteroatoms. The van der Waals surface area contributed by atoms with Crippen molar-refractivity contribution in [3.8, 4) is 0 Å². The summed E-state index contributed by atoms with van der Waals surface area (Å²) in [6.07, 6.45) is 5.22. The zero-order valence-corrected chi connectivity index (χ0v) is 12.8. The number of rotatable bonds is 3. The molecule has 0 aromatic carbocycles. The molecule has 1 amide bonds. The first-order valence-electron chi connectivity index (χ1n) is 6.90. The maximum absolute atomic E-state index is 12.3. The van der Waals surface area contributed by atoms with Gasteiger partial charge in [0.05, 0.1) is 4.92 Å². The number of aromatic nitrogens is 1. The van der Waals surface area contributed by atoms with E-state index in [4.69, 9.17) is 11.6 Å². The van der Waals surface area contributed by atoms with Crippen LogP contribution in [-0.2, 0) is 0 Å². The number of nitrogens with one attached hydrogen (secondary N) is 1. The summed E-state index contributed by atoms with van der Waals surface area (Å²) in [4.78, 5) is 26.3. The SMILES string of the molecule is CC1(C)CCCC(NC(=O)c2ccnc(Cl)c2[N+](=O)[O-])C1. The first kappa shape index (κ1) is 15.7. The molecule has 2 rings (SSSR count). The number of nitro groups is 1. The second-order valence-electron chi connectivity index (χ2n) is 6.19. The van der Waals surface area contributed by atoms with Gasteiger partial charge in [-0.05, 0) is 30.7 Å². The third kappa shape index (κ3) is 3.69. The molecule has 114 valence electrons. The van der Waals surface area contributed by atoms with E-state index in [0.29, 0.717) is 0 Å². The number of hydrogen-bond acceptors (Lipinski definition) is 4. The van der Waals surface area contributed by atoms with E-state index >= 15 is 0 Å². The van der Waals surface area contributed by atoms with E-state index in [9.17, 15) is 14.9 Å². The van der Waals surface area contributed by atoms with E-state index in [1.54, 1.807) is 0 Å². The van der Waals surface area contributed by atoms with Gasteiger partial charge in [-0.1, -0.05) is 31.9 Å². The molecule has 1 unspecified atom stereocenters. The van der Waals surface area contributed by atoms with Crippen LogP contribution in [0.1, 0.15) is 49.9 Å². The number of halogens is 1. The van der Waals surface area contributed by atoms with Crippen LogP contribution in [0.2, 0.25) is 5.15 Å². The number of nitrogens with zero attached hydrogens (tertiary/aromatic N) is 2. The molecule has 0 spiro atoms. The van der Waals surface area contributed by atoms with E-state index in [1.807, 2.05) is 0 Å². The summed E-state index contributed by atoms with van der Waals surface area (Å²) < 4.78 is 0. The van der Waals surface area contributed by atoms with Gasteiger partial charge in [0.25, 0.3) is 5.91 Å². The normalized spacial score (nSPS) is 20.8. The summed E-state index contributed by atoms with van der Waals surface area (Å²) in [5.74, 6) is -0.464. The minimum Gasteiger partial charge on any atom is -0.349 e. The lowest BCUT2D eigenvalue weighted by atomic mass is 9.75. The van der Waals surface area contributed by atoms with Crippen LogP contribution >= 0.6 is 11.6 Å². The molecule has 1 aliphatic carbocycles. The molecule has 0 saturated heterocycles. The highest BCUT2D eigenvalue weighted by Crippen LogP contribution is 2.35. The summed E-state index contributed by atoms with van der Waals surface area (Å²) in [6.45, 7) is 4.33. The van der Waals surface area contributed by atoms with Crippen LogP contribution in [0, 0.1) is 15.5 Å². The van der Waals surface area contributed by atoms with Crippen molar-refractivity contribution in [2.24, 2.45) is 5.41 Å². The predicted octanol–water partition coefficient (Wildman–Crippen LogP) is 3.34. The largest absolute Gasteiger partial charge is 0.349 e. The average molecular weight is 312 g/mol. The zero-order chi connectivity index (χ0) is 15.6. The molecular formula is C14H18ClN3O3. The van der Waals surface area contributed by atoms with Crippen molar-refractivity contribution in [2.75, 3.05) is 0 Å². The maximum Gasteiger partial charge on any atom is 0.319 e. The molecule has 0 aliphatic heterocycles. The Morgan fingerprint density at radius 1 is 1.57 bits per heavy atom. The number of amides is 1. The van der Waals surface area contributed by atoms with Gasteiger partial charge in [-0.25, -0.2) is 4.98 Å². The Bertz CT molecular complexity index is 575. The molecule has 1 aromatic heterocycles. The summed E-state index contributed by atoms with van der Waals surface area (Å²) in [6, 6.07) is 1.36. The van der Waals surface area contributed by atoms with E-state index < -0.39 is 16.5 Å². The van der Waals surface area contributed by atoms with Gasteiger partial charge in [-0.15, -0.1) is 0 Å². The standard InChI is InChI=1S/C14H18ClN3O3/c1-14(2)6-3-4-9(8-14)17-13(19)10-5-7-16-12(15)11(10)18(20)21/h5,7,9H,3-4,6,8H2,1-2H3,(H,17,19). The summed E-state index contributed by atoms with van der Waals surface area (Å²) >= 11 is 5.72. The molecule has 0 radical (unpaired) electrons. The van der Waals surface area contributed by atoms with E-state index in [-0.39, 0.29) is 22.2 Å². The van der Waals surface area contributed by atoms with Gasteiger partial charge in [0.2, 0.25) is 5.15 Å². The fraction of sp³-hybridized carbons (Fsp3) is 0.571. The second-order valence-corrected chi connectivity index (χ2v) is 6.54. The lowest BCUT2D eigenvalue weighted by Gasteiger charge is -2.35. The number of carbonyl (C=O) groups is 1. The Morgan fingerprint density at radius 3 is 2.90 bits per heavy atom. The number of pyridine rings is 1. The summed E-state index contributed by atoms with van der Waals surface area (Å²) in [5, 5.41) is 13.7. The minimum absolute atomic E-state index is 0.0350. The monoisotopic (exact) mass is 311 g/mol. The minimum atomic E-state index is -0.672. The third-order valence-corrected chi connectivity index (χ3v) is 4.12. The molecule has 1 heterocycles. The Labute approximate surface area is 128 Å². The molecule has 1 fully saturated rings. The van der Waals surface area contributed by atoms with Crippen LogP contribution in [0.25, 0.3) is 0 Å². The second kappa shape index (κ2) is 5.97. The zero-order valence-electron chi connectivity index (χ0n) is 12.1. The lowest BCUT2D eigenvalue weighted by molar-refractivity contribution is -0.385. The summed E-state index contributed by atoms with van der Waals surface area (Å²) in [7, 11) is 0. The van der Waals surface area contributed by atoms with Gasteiger partial charge in [0.1, 0.15) is 5.56 Å². The van der Waals surface area contributed by atoms with Gasteiger partial charge in [0.15, 0.2) is 0 Å². The first-order valence-corrected chi connectivity index (χ1v) is 7.28. The highest BCUT2D eigenvalue weighted by Gasteiger charge is 2.31. The Hall–Kier alpha value is -1.69. The fourth-order valence-corrected chi connectivity index (χ4v) is 3.10. The third-order valence-electron chi connectivity index (χ3n) is 3.85. The van der Waals surface area contributed by atoms with Crippen LogP contribution in [0.15, 0.2) is 12.3 Å². The molecule has 1 aromatic rings. The smallest absolute Gasteiger partial charge is 0.319 e. The molecule has 1 N–H and O–H groups in total. The van der Waals surface area contributed by atoms with E-state index in [2.05, 4.69) is 24.1 Å². The van der Waals surface area contributed by atoms with Crippen molar-refractivity contribution in [2.45, 2.75) is 45.6 Å². The highest BCUT2D eigenvalue weighted by molar-refractivity contribution is 6.32. The van der Waals surface area contributed by atoms with Crippen molar-refractivity contribution in [1.29, 1.82) is 0 Å². The van der Waals surface area contributed by atoms with Gasteiger partial charge < -0.3 is 5.32 Å². The first-order chi connectivity index (χ1) is 9.80. The molecule has 1 aliphatic rings. The van der Waals surface area contributed by atoms with Gasteiger partial charge in [0, 0.05) is 12.2 Å². The topological polar surface area (TPSA) is 85.1 Å². The van der Waals surface area contributed by atoms with Crippen LogP contribution in [0.3, 0.4) is 0 Å². The molecule has 1 saturated carbocycles. The quantitative estimate of drug-likeness (QED) is 0.527. The molecule has 1 atom stereocenters. The Kier molecular flexibility index (Phi) is 4.46. The molecular weight excluding hydrogens is 294 g/mol. The van der Waals surface area contributed by atoms with Gasteiger partial charge in [-0.3, -0.25) is 14.9 Å². The number of carbonyl (C=O) groups excluding carboxylic acids is 1. The Morgan fingerprint density at radius 2 is 2.29 bits per heavy atom. The van der Waals surface area contributed by atoms with Crippen LogP contribution < -0.4 is 5.32 Å². The van der Waals surface area contributed by atoms with Crippen molar-refractivity contribution in [3.63, 3.8) is 0 Å². The van der Waals surface area contributed by atoms with Crippen molar-refractivity contribution in [3.05, 3.63) is 33.1 Å². The van der Waals surface area contributed by atoms with Crippen LogP contribution in [0.5, 0.6) is 0 Å². The fourth-order valence-electron chi connectivity index (χ4n) is 2.87. The van der Waals surface area contributed by atoms with Crippen LogP contribution in [-0.4, -0.2) is 21.9 Å². The molecule has 6 nitrogen and oxygen atoms in total.